The number of hydrogen-bond acceptors (Lipinski definition) is 11. The molecule has 39 heavy (non-hydrogen) atoms. The van der Waals surface area contributed by atoms with Gasteiger partial charge in [0.25, 0.3) is 5.91 Å². The maximum Gasteiger partial charge on any atom is 0.255 e. The summed E-state index contributed by atoms with van der Waals surface area (Å²) in [5.74, 6) is -7.04. The third-order valence-electron chi connectivity index (χ3n) is 8.53. The zero-order valence-corrected chi connectivity index (χ0v) is 21.8. The largest absolute Gasteiger partial charge is 0.508 e. The molecule has 5 rings (SSSR count). The second-order valence-corrected chi connectivity index (χ2v) is 10.9. The van der Waals surface area contributed by atoms with Gasteiger partial charge in [-0.25, -0.2) is 0 Å². The Morgan fingerprint density at radius 2 is 1.87 bits per heavy atom. The summed E-state index contributed by atoms with van der Waals surface area (Å²) in [7, 11) is 3.09. The van der Waals surface area contributed by atoms with E-state index in [1.807, 2.05) is 4.90 Å². The van der Waals surface area contributed by atoms with Gasteiger partial charge in [-0.3, -0.25) is 24.2 Å². The molecule has 210 valence electrons. The number of aromatic hydroxyl groups is 1. The molecule has 2 fully saturated rings. The Morgan fingerprint density at radius 1 is 1.21 bits per heavy atom. The monoisotopic (exact) mass is 543 g/mol. The highest BCUT2D eigenvalue weighted by molar-refractivity contribution is 6.24. The maximum atomic E-state index is 13.9. The molecule has 1 aromatic carbocycles. The van der Waals surface area contributed by atoms with E-state index in [0.717, 1.165) is 0 Å². The Hall–Kier alpha value is -3.29. The first-order valence-electron chi connectivity index (χ1n) is 12.9. The minimum absolute atomic E-state index is 0.0135. The lowest BCUT2D eigenvalue weighted by atomic mass is 9.57. The Labute approximate surface area is 224 Å². The van der Waals surface area contributed by atoms with Crippen molar-refractivity contribution in [2.24, 2.45) is 17.6 Å². The number of nitrogens with two attached hydrogens (primary N) is 1. The summed E-state index contributed by atoms with van der Waals surface area (Å²) in [6.07, 6.45) is -0.849. The maximum absolute atomic E-state index is 13.9. The van der Waals surface area contributed by atoms with Crippen molar-refractivity contribution in [1.29, 1.82) is 0 Å². The predicted octanol–water partition coefficient (Wildman–Crippen LogP) is -0.670. The third kappa shape index (κ3) is 4.05. The van der Waals surface area contributed by atoms with E-state index in [2.05, 4.69) is 0 Å². The van der Waals surface area contributed by atoms with Crippen molar-refractivity contribution >= 4 is 23.2 Å². The highest BCUT2D eigenvalue weighted by Crippen LogP contribution is 2.53. The summed E-state index contributed by atoms with van der Waals surface area (Å²) in [5, 5.41) is 55.8. The van der Waals surface area contributed by atoms with E-state index in [4.69, 9.17) is 10.5 Å². The van der Waals surface area contributed by atoms with Crippen LogP contribution in [0.1, 0.15) is 29.2 Å². The van der Waals surface area contributed by atoms with Gasteiger partial charge in [0.1, 0.15) is 22.8 Å². The number of fused-ring (bicyclic) bond motifs is 3. The number of morpholine rings is 1. The van der Waals surface area contributed by atoms with Gasteiger partial charge in [0.2, 0.25) is 5.78 Å². The number of carbonyl (C=O) groups excluding carboxylic acids is 3. The molecule has 1 heterocycles. The van der Waals surface area contributed by atoms with Crippen molar-refractivity contribution < 1.29 is 44.7 Å². The highest BCUT2D eigenvalue weighted by Gasteiger charge is 2.64. The molecule has 0 radical (unpaired) electrons. The van der Waals surface area contributed by atoms with Crippen LogP contribution in [-0.4, -0.2) is 111 Å². The lowest BCUT2D eigenvalue weighted by Gasteiger charge is -2.50. The Balaban J connectivity index is 1.62. The number of ketones is 2. The summed E-state index contributed by atoms with van der Waals surface area (Å²) in [6, 6.07) is 1.75. The van der Waals surface area contributed by atoms with E-state index >= 15 is 0 Å². The summed E-state index contributed by atoms with van der Waals surface area (Å²) >= 11 is 0. The van der Waals surface area contributed by atoms with Gasteiger partial charge in [-0.05, 0) is 50.0 Å². The van der Waals surface area contributed by atoms with Crippen molar-refractivity contribution in [2.45, 2.75) is 30.6 Å². The predicted molar refractivity (Wildman–Crippen MR) is 136 cm³/mol. The van der Waals surface area contributed by atoms with E-state index in [0.29, 0.717) is 44.0 Å². The van der Waals surface area contributed by atoms with Crippen LogP contribution in [0.15, 0.2) is 29.0 Å². The molecular weight excluding hydrogens is 510 g/mol. The van der Waals surface area contributed by atoms with E-state index in [-0.39, 0.29) is 29.7 Å². The lowest BCUT2D eigenvalue weighted by molar-refractivity contribution is -0.153. The Morgan fingerprint density at radius 3 is 2.49 bits per heavy atom. The molecular formula is C27H33N3O9. The number of phenolic OH excluding ortho intramolecular Hbond substituents is 1. The second kappa shape index (κ2) is 9.72. The fraction of sp³-hybridized carbons (Fsp3) is 0.519. The molecule has 4 aliphatic rings. The summed E-state index contributed by atoms with van der Waals surface area (Å²) in [6.45, 7) is 2.69. The van der Waals surface area contributed by atoms with Gasteiger partial charge in [-0.15, -0.1) is 0 Å². The molecule has 7 N–H and O–H groups in total. The first kappa shape index (κ1) is 27.3. The number of carbonyl (C=O) groups is 3. The summed E-state index contributed by atoms with van der Waals surface area (Å²) in [4.78, 5) is 42.7. The van der Waals surface area contributed by atoms with Gasteiger partial charge in [0.15, 0.2) is 11.4 Å². The normalized spacial score (nSPS) is 30.2. The van der Waals surface area contributed by atoms with Crippen molar-refractivity contribution in [3.8, 4) is 5.75 Å². The minimum atomic E-state index is -2.69. The molecule has 0 spiro atoms. The summed E-state index contributed by atoms with van der Waals surface area (Å²) in [5.41, 5.74) is 2.48. The fourth-order valence-electron chi connectivity index (χ4n) is 6.71. The van der Waals surface area contributed by atoms with Gasteiger partial charge in [-0.2, -0.15) is 0 Å². The van der Waals surface area contributed by atoms with Gasteiger partial charge >= 0.3 is 0 Å². The number of aliphatic hydroxyl groups is 4. The van der Waals surface area contributed by atoms with Gasteiger partial charge in [0.05, 0.1) is 30.9 Å². The number of aliphatic hydroxyl groups excluding tert-OH is 3. The molecule has 1 amide bonds. The number of ether oxygens (including phenoxy) is 1. The van der Waals surface area contributed by atoms with Crippen molar-refractivity contribution in [1.82, 2.24) is 9.80 Å². The smallest absolute Gasteiger partial charge is 0.255 e. The summed E-state index contributed by atoms with van der Waals surface area (Å²) < 4.78 is 5.37. The number of likely N-dealkylation sites (N-methyl/N-ethyl adjacent to an activating group) is 1. The molecule has 1 saturated heterocycles. The van der Waals surface area contributed by atoms with Crippen LogP contribution in [0.4, 0.5) is 0 Å². The van der Waals surface area contributed by atoms with Crippen LogP contribution in [0.2, 0.25) is 0 Å². The van der Waals surface area contributed by atoms with Crippen LogP contribution in [0.3, 0.4) is 0 Å². The van der Waals surface area contributed by atoms with Crippen LogP contribution in [0, 0.1) is 11.8 Å². The standard InChI is InChI=1S/C27H33N3O9/c1-29(2)21-15-10-12-9-14-13(17(32)11-30-5-7-39-8-6-30)3-4-16(31)19(14)22(33)18(12)24(35)27(15,38)25(36)20(23(21)34)26(28)37/h3-4,12,15,17,21,31-33,36,38H,5-11H2,1-2H3,(H2,28,37)/t12-,15-,17?,21-,27-/m0/s1. The quantitative estimate of drug-likeness (QED) is 0.258. The molecule has 1 aliphatic heterocycles. The zero-order valence-electron chi connectivity index (χ0n) is 21.8. The van der Waals surface area contributed by atoms with E-state index in [9.17, 15) is 39.9 Å². The number of benzene rings is 1. The SMILES string of the molecule is CN(C)[C@@H]1C(=O)C(C(N)=O)=C(O)[C@@]2(O)C(=O)C3=C(O)c4c(O)ccc(C(O)CN5CCOCC5)c4C[C@H]3C[C@@H]12. The zero-order chi connectivity index (χ0) is 28.4. The van der Waals surface area contributed by atoms with Gasteiger partial charge in [0, 0.05) is 31.1 Å². The first-order chi connectivity index (χ1) is 18.4. The van der Waals surface area contributed by atoms with Crippen LogP contribution >= 0.6 is 0 Å². The number of rotatable bonds is 5. The van der Waals surface area contributed by atoms with E-state index < -0.39 is 64.1 Å². The lowest BCUT2D eigenvalue weighted by Crippen LogP contribution is -2.65. The molecule has 1 unspecified atom stereocenters. The Bertz CT molecular complexity index is 1310. The third-order valence-corrected chi connectivity index (χ3v) is 8.53. The number of β-amino-alcohol motifs (C(OH)–C–C–N with tert-alkyl or cyclic N) is 1. The Kier molecular flexibility index (Phi) is 6.80. The molecule has 12 nitrogen and oxygen atoms in total. The number of nitrogens with zero attached hydrogens (tertiary/aromatic N) is 2. The van der Waals surface area contributed by atoms with Crippen molar-refractivity contribution in [3.63, 3.8) is 0 Å². The molecule has 3 aliphatic carbocycles. The number of hydrogen-bond donors (Lipinski definition) is 6. The number of Topliss-reactive ketones (excluding diaryl/α,β-unsaturated/α-hetero) is 2. The van der Waals surface area contributed by atoms with E-state index in [1.165, 1.54) is 11.0 Å². The topological polar surface area (TPSA) is 194 Å². The second-order valence-electron chi connectivity index (χ2n) is 10.9. The number of amides is 1. The van der Waals surface area contributed by atoms with Gasteiger partial charge in [-0.1, -0.05) is 6.07 Å². The first-order valence-corrected chi connectivity index (χ1v) is 12.9. The van der Waals surface area contributed by atoms with Crippen LogP contribution in [0.25, 0.3) is 5.76 Å². The van der Waals surface area contributed by atoms with Crippen molar-refractivity contribution in [3.05, 3.63) is 45.7 Å². The molecule has 0 aromatic heterocycles. The van der Waals surface area contributed by atoms with Crippen molar-refractivity contribution in [2.75, 3.05) is 46.9 Å². The van der Waals surface area contributed by atoms with Crippen LogP contribution < -0.4 is 5.73 Å². The molecule has 12 heteroatoms. The van der Waals surface area contributed by atoms with Crippen LogP contribution in [-0.2, 0) is 25.5 Å². The van der Waals surface area contributed by atoms with Gasteiger partial charge < -0.3 is 36.0 Å². The minimum Gasteiger partial charge on any atom is -0.508 e. The highest BCUT2D eigenvalue weighted by atomic mass is 16.5. The molecule has 0 bridgehead atoms. The number of phenols is 1. The molecule has 5 atom stereocenters. The average molecular weight is 544 g/mol. The van der Waals surface area contributed by atoms with E-state index in [1.54, 1.807) is 20.2 Å². The molecule has 1 aromatic rings. The van der Waals surface area contributed by atoms with Crippen LogP contribution in [0.5, 0.6) is 5.75 Å². The fourth-order valence-corrected chi connectivity index (χ4v) is 6.71. The number of primary amides is 1. The molecule has 1 saturated carbocycles. The average Bonchev–Trinajstić information content (AvgIpc) is 2.86.